The van der Waals surface area contributed by atoms with Gasteiger partial charge in [-0.25, -0.2) is 14.8 Å². The summed E-state index contributed by atoms with van der Waals surface area (Å²) in [7, 11) is 0. The Morgan fingerprint density at radius 2 is 2.06 bits per heavy atom. The number of piperidine rings is 1. The van der Waals surface area contributed by atoms with Crippen molar-refractivity contribution in [3.8, 4) is 0 Å². The highest BCUT2D eigenvalue weighted by molar-refractivity contribution is 7.99. The molecule has 1 unspecified atom stereocenters. The molecule has 1 aromatic carbocycles. The normalized spacial score (nSPS) is 19.8. The molecule has 2 fully saturated rings. The lowest BCUT2D eigenvalue weighted by atomic mass is 9.74. The van der Waals surface area contributed by atoms with Gasteiger partial charge in [0.25, 0.3) is 0 Å². The molecule has 1 saturated carbocycles. The minimum Gasteiger partial charge on any atom is -0.465 e. The zero-order chi connectivity index (χ0) is 22.9. The van der Waals surface area contributed by atoms with Gasteiger partial charge in [0.1, 0.15) is 10.7 Å². The molecule has 2 N–H and O–H groups in total. The van der Waals surface area contributed by atoms with E-state index in [1.54, 1.807) is 12.1 Å². The number of halogens is 2. The van der Waals surface area contributed by atoms with Crippen molar-refractivity contribution in [3.05, 3.63) is 46.2 Å². The summed E-state index contributed by atoms with van der Waals surface area (Å²) >= 11 is 13.9. The third-order valence-electron chi connectivity index (χ3n) is 6.61. The van der Waals surface area contributed by atoms with Gasteiger partial charge < -0.3 is 15.3 Å². The first-order chi connectivity index (χ1) is 15.3. The second kappa shape index (κ2) is 9.49. The molecule has 1 spiro atoms. The van der Waals surface area contributed by atoms with E-state index >= 15 is 0 Å². The topological polar surface area (TPSA) is 78.4 Å². The van der Waals surface area contributed by atoms with Crippen LogP contribution in [0.3, 0.4) is 0 Å². The first-order valence-corrected chi connectivity index (χ1v) is 12.3. The Morgan fingerprint density at radius 1 is 1.31 bits per heavy atom. The zero-order valence-corrected chi connectivity index (χ0v) is 20.2. The summed E-state index contributed by atoms with van der Waals surface area (Å²) < 4.78 is 0. The molecule has 4 rings (SSSR count). The van der Waals surface area contributed by atoms with Gasteiger partial charge in [0, 0.05) is 24.0 Å². The summed E-state index contributed by atoms with van der Waals surface area (Å²) in [6, 6.07) is 5.57. The van der Waals surface area contributed by atoms with E-state index in [1.807, 2.05) is 19.1 Å². The summed E-state index contributed by atoms with van der Waals surface area (Å²) in [6.07, 6.45) is 5.73. The molecule has 9 heteroatoms. The molecule has 2 aliphatic rings. The van der Waals surface area contributed by atoms with E-state index in [4.69, 9.17) is 33.2 Å². The Morgan fingerprint density at radius 3 is 2.75 bits per heavy atom. The van der Waals surface area contributed by atoms with E-state index < -0.39 is 6.09 Å². The second-order valence-corrected chi connectivity index (χ2v) is 10.2. The SMILES string of the molecule is C=Cc1nc(Sc2cccc(Cl)c2Cl)c(C)nc1N1CCC2(CCCC2NC(=O)O)CC1. The number of aromatic nitrogens is 2. The fourth-order valence-electron chi connectivity index (χ4n) is 4.91. The first-order valence-electron chi connectivity index (χ1n) is 10.7. The molecule has 2 aromatic rings. The van der Waals surface area contributed by atoms with Crippen molar-refractivity contribution >= 4 is 53.0 Å². The van der Waals surface area contributed by atoms with Crippen molar-refractivity contribution in [2.45, 2.75) is 55.0 Å². The van der Waals surface area contributed by atoms with Crippen LogP contribution in [-0.2, 0) is 0 Å². The average Bonchev–Trinajstić information content (AvgIpc) is 3.14. The molecule has 0 bridgehead atoms. The number of carboxylic acid groups (broad SMARTS) is 1. The van der Waals surface area contributed by atoms with Gasteiger partial charge in [-0.2, -0.15) is 0 Å². The maximum atomic E-state index is 11.2. The molecule has 32 heavy (non-hydrogen) atoms. The maximum absolute atomic E-state index is 11.2. The van der Waals surface area contributed by atoms with Crippen molar-refractivity contribution in [2.24, 2.45) is 5.41 Å². The van der Waals surface area contributed by atoms with Crippen LogP contribution >= 0.6 is 35.0 Å². The number of benzene rings is 1. The van der Waals surface area contributed by atoms with E-state index in [0.717, 1.165) is 72.3 Å². The average molecular weight is 493 g/mol. The van der Waals surface area contributed by atoms with Crippen LogP contribution in [0.15, 0.2) is 34.7 Å². The number of carbonyl (C=O) groups is 1. The number of hydrogen-bond acceptors (Lipinski definition) is 5. The van der Waals surface area contributed by atoms with E-state index in [9.17, 15) is 9.90 Å². The van der Waals surface area contributed by atoms with Crippen LogP contribution in [0.4, 0.5) is 10.6 Å². The van der Waals surface area contributed by atoms with Crippen molar-refractivity contribution in [3.63, 3.8) is 0 Å². The fourth-order valence-corrected chi connectivity index (χ4v) is 6.28. The lowest BCUT2D eigenvalue weighted by molar-refractivity contribution is 0.149. The smallest absolute Gasteiger partial charge is 0.404 e. The summed E-state index contributed by atoms with van der Waals surface area (Å²) in [5.74, 6) is 0.828. The minimum absolute atomic E-state index is 0.0371. The molecular formula is C23H26Cl2N4O2S. The molecule has 2 heterocycles. The van der Waals surface area contributed by atoms with Gasteiger partial charge in [0.2, 0.25) is 0 Å². The minimum atomic E-state index is -0.929. The molecule has 1 saturated heterocycles. The van der Waals surface area contributed by atoms with Gasteiger partial charge in [0.15, 0.2) is 5.82 Å². The number of nitrogens with zero attached hydrogens (tertiary/aromatic N) is 3. The molecule has 1 atom stereocenters. The van der Waals surface area contributed by atoms with Crippen LogP contribution in [-0.4, -0.2) is 40.3 Å². The van der Waals surface area contributed by atoms with Crippen LogP contribution in [0.5, 0.6) is 0 Å². The van der Waals surface area contributed by atoms with Gasteiger partial charge in [-0.1, -0.05) is 54.0 Å². The highest BCUT2D eigenvalue weighted by atomic mass is 35.5. The summed E-state index contributed by atoms with van der Waals surface area (Å²) in [5.41, 5.74) is 1.60. The molecule has 1 aliphatic heterocycles. The molecule has 6 nitrogen and oxygen atoms in total. The number of nitrogens with one attached hydrogen (secondary N) is 1. The molecule has 1 aromatic heterocycles. The highest BCUT2D eigenvalue weighted by Crippen LogP contribution is 2.47. The zero-order valence-electron chi connectivity index (χ0n) is 17.9. The summed E-state index contributed by atoms with van der Waals surface area (Å²) in [4.78, 5) is 24.0. The maximum Gasteiger partial charge on any atom is 0.404 e. The molecule has 1 amide bonds. The lowest BCUT2D eigenvalue weighted by Gasteiger charge is -2.43. The Bertz CT molecular complexity index is 1040. The van der Waals surface area contributed by atoms with Crippen LogP contribution in [0.2, 0.25) is 10.0 Å². The fraction of sp³-hybridized carbons (Fsp3) is 0.435. The van der Waals surface area contributed by atoms with Crippen LogP contribution in [0.1, 0.15) is 43.5 Å². The number of hydrogen-bond donors (Lipinski definition) is 2. The van der Waals surface area contributed by atoms with Gasteiger partial charge in [0.05, 0.1) is 15.7 Å². The van der Waals surface area contributed by atoms with Gasteiger partial charge in [-0.05, 0) is 56.2 Å². The summed E-state index contributed by atoms with van der Waals surface area (Å²) in [6.45, 7) is 7.53. The van der Waals surface area contributed by atoms with Crippen LogP contribution in [0, 0.1) is 12.3 Å². The molecule has 1 aliphatic carbocycles. The van der Waals surface area contributed by atoms with Crippen molar-refractivity contribution in [1.82, 2.24) is 15.3 Å². The first kappa shape index (κ1) is 23.2. The predicted octanol–water partition coefficient (Wildman–Crippen LogP) is 6.29. The largest absolute Gasteiger partial charge is 0.465 e. The van der Waals surface area contributed by atoms with E-state index in [-0.39, 0.29) is 11.5 Å². The molecule has 170 valence electrons. The third-order valence-corrected chi connectivity index (χ3v) is 8.68. The van der Waals surface area contributed by atoms with E-state index in [0.29, 0.717) is 10.0 Å². The molecule has 0 radical (unpaired) electrons. The van der Waals surface area contributed by atoms with Crippen molar-refractivity contribution in [2.75, 3.05) is 18.0 Å². The monoisotopic (exact) mass is 492 g/mol. The Kier molecular flexibility index (Phi) is 6.89. The van der Waals surface area contributed by atoms with Gasteiger partial charge in [-0.15, -0.1) is 0 Å². The standard InChI is InChI=1S/C23H26Cl2N4O2S/c1-3-16-20(26-14(2)21(27-16)32-17-7-4-6-15(24)19(17)25)29-12-10-23(11-13-29)9-5-8-18(23)28-22(30)31/h3-4,6-7,18,28H,1,5,8-13H2,2H3,(H,30,31). The van der Waals surface area contributed by atoms with Crippen LogP contribution in [0.25, 0.3) is 6.08 Å². The number of rotatable bonds is 5. The second-order valence-electron chi connectivity index (χ2n) is 8.42. The number of amides is 1. The lowest BCUT2D eigenvalue weighted by Crippen LogP contribution is -2.50. The Hall–Kier alpha value is -1.96. The predicted molar refractivity (Wildman–Crippen MR) is 130 cm³/mol. The van der Waals surface area contributed by atoms with Crippen LogP contribution < -0.4 is 10.2 Å². The van der Waals surface area contributed by atoms with E-state index in [2.05, 4.69) is 16.8 Å². The number of aryl methyl sites for hydroxylation is 1. The molecular weight excluding hydrogens is 467 g/mol. The quantitative estimate of drug-likeness (QED) is 0.510. The Balaban J connectivity index is 1.54. The highest BCUT2D eigenvalue weighted by Gasteiger charge is 2.45. The van der Waals surface area contributed by atoms with Gasteiger partial charge >= 0.3 is 6.09 Å². The summed E-state index contributed by atoms with van der Waals surface area (Å²) in [5, 5.41) is 13.8. The van der Waals surface area contributed by atoms with Gasteiger partial charge in [-0.3, -0.25) is 0 Å². The van der Waals surface area contributed by atoms with E-state index in [1.165, 1.54) is 11.8 Å². The number of anilines is 1. The third kappa shape index (κ3) is 4.56. The van der Waals surface area contributed by atoms with Crippen molar-refractivity contribution in [1.29, 1.82) is 0 Å². The Labute approximate surface area is 202 Å². The van der Waals surface area contributed by atoms with Crippen molar-refractivity contribution < 1.29 is 9.90 Å².